The molecule has 3 amide bonds. The minimum Gasteiger partial charge on any atom is -0.384 e. The van der Waals surface area contributed by atoms with E-state index in [4.69, 9.17) is 5.11 Å². The predicted octanol–water partition coefficient (Wildman–Crippen LogP) is 0.861. The minimum atomic E-state index is -0.872. The number of nitrogens with one attached hydrogen (secondary N) is 1. The van der Waals surface area contributed by atoms with E-state index in [9.17, 15) is 9.59 Å². The van der Waals surface area contributed by atoms with Crippen molar-refractivity contribution in [3.63, 3.8) is 0 Å². The first kappa shape index (κ1) is 14.1. The standard InChI is InChI=1S/C15H16N2O3/c1-15(2)13(19)17(14(20)16-15)10-12-7-4-3-6-11(12)8-5-9-18/h3-4,6-7,18H,9-10H2,1-2H3,(H,16,20). The summed E-state index contributed by atoms with van der Waals surface area (Å²) in [5, 5.41) is 11.4. The molecule has 5 nitrogen and oxygen atoms in total. The molecule has 1 aliphatic rings. The predicted molar refractivity (Wildman–Crippen MR) is 73.6 cm³/mol. The average molecular weight is 272 g/mol. The summed E-state index contributed by atoms with van der Waals surface area (Å²) in [5.74, 6) is 5.13. The third kappa shape index (κ3) is 2.65. The van der Waals surface area contributed by atoms with E-state index in [2.05, 4.69) is 17.2 Å². The van der Waals surface area contributed by atoms with Crippen LogP contribution < -0.4 is 5.32 Å². The maximum Gasteiger partial charge on any atom is 0.325 e. The first-order valence-corrected chi connectivity index (χ1v) is 6.27. The van der Waals surface area contributed by atoms with Gasteiger partial charge in [0.2, 0.25) is 0 Å². The molecule has 0 unspecified atom stereocenters. The van der Waals surface area contributed by atoms with E-state index in [-0.39, 0.29) is 19.1 Å². The molecule has 1 aromatic carbocycles. The highest BCUT2D eigenvalue weighted by Gasteiger charge is 2.44. The fraction of sp³-hybridized carbons (Fsp3) is 0.333. The van der Waals surface area contributed by atoms with Gasteiger partial charge in [-0.05, 0) is 25.5 Å². The Hall–Kier alpha value is -2.32. The molecule has 2 rings (SSSR count). The van der Waals surface area contributed by atoms with E-state index in [0.717, 1.165) is 5.56 Å². The van der Waals surface area contributed by atoms with Crippen LogP contribution >= 0.6 is 0 Å². The Bertz CT molecular complexity index is 611. The molecule has 0 atom stereocenters. The lowest BCUT2D eigenvalue weighted by atomic mass is 10.0. The third-order valence-electron chi connectivity index (χ3n) is 3.09. The highest BCUT2D eigenvalue weighted by molar-refractivity contribution is 6.06. The second kappa shape index (κ2) is 5.35. The number of rotatable bonds is 2. The van der Waals surface area contributed by atoms with Gasteiger partial charge >= 0.3 is 6.03 Å². The number of amides is 3. The van der Waals surface area contributed by atoms with Crippen LogP contribution in [-0.4, -0.2) is 34.1 Å². The maximum atomic E-state index is 12.1. The van der Waals surface area contributed by atoms with E-state index in [1.165, 1.54) is 4.90 Å². The molecule has 0 spiro atoms. The van der Waals surface area contributed by atoms with Gasteiger partial charge < -0.3 is 10.4 Å². The molecular weight excluding hydrogens is 256 g/mol. The Labute approximate surface area is 117 Å². The number of carbonyl (C=O) groups excluding carboxylic acids is 2. The Kier molecular flexibility index (Phi) is 3.77. The molecule has 104 valence electrons. The van der Waals surface area contributed by atoms with Crippen molar-refractivity contribution < 1.29 is 14.7 Å². The molecule has 2 N–H and O–H groups in total. The second-order valence-electron chi connectivity index (χ2n) is 5.06. The topological polar surface area (TPSA) is 69.6 Å². The van der Waals surface area contributed by atoms with Crippen LogP contribution in [0.15, 0.2) is 24.3 Å². The van der Waals surface area contributed by atoms with Crippen molar-refractivity contribution in [2.75, 3.05) is 6.61 Å². The first-order chi connectivity index (χ1) is 9.45. The van der Waals surface area contributed by atoms with Crippen molar-refractivity contribution in [1.82, 2.24) is 10.2 Å². The van der Waals surface area contributed by atoms with Gasteiger partial charge in [0.15, 0.2) is 0 Å². The van der Waals surface area contributed by atoms with Gasteiger partial charge in [0.05, 0.1) is 6.54 Å². The van der Waals surface area contributed by atoms with Crippen molar-refractivity contribution in [2.45, 2.75) is 25.9 Å². The van der Waals surface area contributed by atoms with Crippen LogP contribution in [0, 0.1) is 11.8 Å². The Morgan fingerprint density at radius 1 is 1.30 bits per heavy atom. The molecule has 20 heavy (non-hydrogen) atoms. The summed E-state index contributed by atoms with van der Waals surface area (Å²) < 4.78 is 0. The molecule has 1 fully saturated rings. The van der Waals surface area contributed by atoms with Crippen molar-refractivity contribution in [1.29, 1.82) is 0 Å². The van der Waals surface area contributed by atoms with Crippen LogP contribution in [0.25, 0.3) is 0 Å². The molecule has 0 aromatic heterocycles. The molecule has 0 bridgehead atoms. The van der Waals surface area contributed by atoms with Crippen molar-refractivity contribution in [2.24, 2.45) is 0 Å². The quantitative estimate of drug-likeness (QED) is 0.620. The van der Waals surface area contributed by atoms with Gasteiger partial charge in [0, 0.05) is 5.56 Å². The molecule has 1 aromatic rings. The zero-order valence-corrected chi connectivity index (χ0v) is 11.4. The largest absolute Gasteiger partial charge is 0.384 e. The fourth-order valence-electron chi connectivity index (χ4n) is 2.05. The maximum absolute atomic E-state index is 12.1. The summed E-state index contributed by atoms with van der Waals surface area (Å²) in [7, 11) is 0. The van der Waals surface area contributed by atoms with Crippen molar-refractivity contribution in [3.8, 4) is 11.8 Å². The first-order valence-electron chi connectivity index (χ1n) is 6.27. The number of carbonyl (C=O) groups is 2. The zero-order chi connectivity index (χ0) is 14.8. The summed E-state index contributed by atoms with van der Waals surface area (Å²) >= 11 is 0. The second-order valence-corrected chi connectivity index (χ2v) is 5.06. The van der Waals surface area contributed by atoms with Gasteiger partial charge in [-0.3, -0.25) is 9.69 Å². The number of aliphatic hydroxyl groups excluding tert-OH is 1. The van der Waals surface area contributed by atoms with Crippen LogP contribution in [-0.2, 0) is 11.3 Å². The number of nitrogens with zero attached hydrogens (tertiary/aromatic N) is 1. The van der Waals surface area contributed by atoms with Crippen LogP contribution in [0.1, 0.15) is 25.0 Å². The molecular formula is C15H16N2O3. The van der Waals surface area contributed by atoms with Gasteiger partial charge in [-0.25, -0.2) is 4.79 Å². The molecule has 0 radical (unpaired) electrons. The molecule has 0 aliphatic carbocycles. The van der Waals surface area contributed by atoms with E-state index in [1.54, 1.807) is 19.9 Å². The lowest BCUT2D eigenvalue weighted by Crippen LogP contribution is -2.40. The average Bonchev–Trinajstić information content (AvgIpc) is 2.60. The Morgan fingerprint density at radius 2 is 2.00 bits per heavy atom. The van der Waals surface area contributed by atoms with Gasteiger partial charge in [-0.15, -0.1) is 0 Å². The highest BCUT2D eigenvalue weighted by atomic mass is 16.2. The van der Waals surface area contributed by atoms with Gasteiger partial charge in [0.25, 0.3) is 5.91 Å². The lowest BCUT2D eigenvalue weighted by Gasteiger charge is -2.16. The van der Waals surface area contributed by atoms with Crippen LogP contribution in [0.3, 0.4) is 0 Å². The Balaban J connectivity index is 2.27. The summed E-state index contributed by atoms with van der Waals surface area (Å²) in [5.41, 5.74) is 0.601. The van der Waals surface area contributed by atoms with E-state index in [0.29, 0.717) is 5.56 Å². The van der Waals surface area contributed by atoms with Crippen LogP contribution in [0.5, 0.6) is 0 Å². The summed E-state index contributed by atoms with van der Waals surface area (Å²) in [4.78, 5) is 25.2. The number of aliphatic hydroxyl groups is 1. The summed E-state index contributed by atoms with van der Waals surface area (Å²) in [6.07, 6.45) is 0. The molecule has 1 heterocycles. The Morgan fingerprint density at radius 3 is 2.60 bits per heavy atom. The lowest BCUT2D eigenvalue weighted by molar-refractivity contribution is -0.130. The van der Waals surface area contributed by atoms with Crippen molar-refractivity contribution in [3.05, 3.63) is 35.4 Å². The van der Waals surface area contributed by atoms with E-state index in [1.807, 2.05) is 18.2 Å². The fourth-order valence-corrected chi connectivity index (χ4v) is 2.05. The zero-order valence-electron chi connectivity index (χ0n) is 11.4. The molecule has 1 saturated heterocycles. The number of imide groups is 1. The van der Waals surface area contributed by atoms with E-state index >= 15 is 0 Å². The van der Waals surface area contributed by atoms with E-state index < -0.39 is 11.6 Å². The number of urea groups is 1. The van der Waals surface area contributed by atoms with Crippen LogP contribution in [0.2, 0.25) is 0 Å². The van der Waals surface area contributed by atoms with Gasteiger partial charge in [0.1, 0.15) is 12.1 Å². The third-order valence-corrected chi connectivity index (χ3v) is 3.09. The summed E-state index contributed by atoms with van der Waals surface area (Å²) in [6, 6.07) is 6.85. The molecule has 0 saturated carbocycles. The number of benzene rings is 1. The van der Waals surface area contributed by atoms with Crippen LogP contribution in [0.4, 0.5) is 4.79 Å². The molecule has 5 heteroatoms. The number of hydrogen-bond acceptors (Lipinski definition) is 3. The smallest absolute Gasteiger partial charge is 0.325 e. The normalized spacial score (nSPS) is 16.6. The number of hydrogen-bond donors (Lipinski definition) is 2. The van der Waals surface area contributed by atoms with Crippen molar-refractivity contribution >= 4 is 11.9 Å². The minimum absolute atomic E-state index is 0.171. The van der Waals surface area contributed by atoms with Gasteiger partial charge in [-0.1, -0.05) is 30.0 Å². The monoisotopic (exact) mass is 272 g/mol. The summed E-state index contributed by atoms with van der Waals surface area (Å²) in [6.45, 7) is 3.28. The highest BCUT2D eigenvalue weighted by Crippen LogP contribution is 2.20. The molecule has 1 aliphatic heterocycles. The van der Waals surface area contributed by atoms with Gasteiger partial charge in [-0.2, -0.15) is 0 Å². The SMILES string of the molecule is CC1(C)NC(=O)N(Cc2ccccc2C#CCO)C1=O.